The Labute approximate surface area is 125 Å². The molecule has 1 heterocycles. The predicted molar refractivity (Wildman–Crippen MR) is 87.0 cm³/mol. The molecule has 0 spiro atoms. The third-order valence-corrected chi connectivity index (χ3v) is 4.07. The number of nitrogens with zero attached hydrogens (tertiary/aromatic N) is 2. The number of unbranched alkanes of at least 4 members (excludes halogenated alkanes) is 5. The van der Waals surface area contributed by atoms with Gasteiger partial charge in [-0.25, -0.2) is 0 Å². The average molecular weight is 279 g/mol. The van der Waals surface area contributed by atoms with Crippen LogP contribution in [0, 0.1) is 0 Å². The topological polar surface area (TPSA) is 29.9 Å². The van der Waals surface area contributed by atoms with E-state index in [2.05, 4.69) is 30.3 Å². The molecule has 1 aromatic heterocycles. The summed E-state index contributed by atoms with van der Waals surface area (Å²) in [6, 6.07) is 2.80. The maximum Gasteiger partial charge on any atom is 0.0492 e. The Kier molecular flexibility index (Phi) is 9.38. The van der Waals surface area contributed by atoms with Gasteiger partial charge in [-0.1, -0.05) is 52.4 Å². The number of aryl methyl sites for hydroxylation is 2. The van der Waals surface area contributed by atoms with Crippen LogP contribution in [0.5, 0.6) is 0 Å². The number of aromatic nitrogens is 2. The van der Waals surface area contributed by atoms with E-state index >= 15 is 0 Å². The molecule has 0 aliphatic rings. The SMILES string of the molecule is CCCCCCCCC(CCc1ccnn1C)NCC. The molecule has 1 rings (SSSR count). The maximum atomic E-state index is 4.24. The zero-order valence-corrected chi connectivity index (χ0v) is 13.7. The molecule has 1 unspecified atom stereocenters. The second-order valence-corrected chi connectivity index (χ2v) is 5.80. The van der Waals surface area contributed by atoms with Crippen LogP contribution in [0.4, 0.5) is 0 Å². The van der Waals surface area contributed by atoms with Crippen molar-refractivity contribution < 1.29 is 0 Å². The highest BCUT2D eigenvalue weighted by atomic mass is 15.2. The van der Waals surface area contributed by atoms with E-state index in [-0.39, 0.29) is 0 Å². The van der Waals surface area contributed by atoms with Gasteiger partial charge in [0.05, 0.1) is 0 Å². The normalized spacial score (nSPS) is 12.8. The lowest BCUT2D eigenvalue weighted by Crippen LogP contribution is -2.29. The molecule has 3 heteroatoms. The van der Waals surface area contributed by atoms with Crippen molar-refractivity contribution in [3.05, 3.63) is 18.0 Å². The summed E-state index contributed by atoms with van der Waals surface area (Å²) in [5, 5.41) is 7.88. The van der Waals surface area contributed by atoms with Crippen molar-refractivity contribution >= 4 is 0 Å². The molecule has 3 nitrogen and oxygen atoms in total. The minimum Gasteiger partial charge on any atom is -0.314 e. The zero-order chi connectivity index (χ0) is 14.6. The summed E-state index contributed by atoms with van der Waals surface area (Å²) in [5.74, 6) is 0. The second kappa shape index (κ2) is 10.9. The van der Waals surface area contributed by atoms with Crippen LogP contribution in [0.25, 0.3) is 0 Å². The van der Waals surface area contributed by atoms with Crippen molar-refractivity contribution in [1.29, 1.82) is 0 Å². The van der Waals surface area contributed by atoms with E-state index in [1.165, 1.54) is 57.1 Å². The molecule has 20 heavy (non-hydrogen) atoms. The molecular formula is C17H33N3. The van der Waals surface area contributed by atoms with Crippen molar-refractivity contribution in [2.24, 2.45) is 7.05 Å². The highest BCUT2D eigenvalue weighted by molar-refractivity contribution is 5.00. The first-order valence-electron chi connectivity index (χ1n) is 8.48. The third-order valence-electron chi connectivity index (χ3n) is 4.07. The summed E-state index contributed by atoms with van der Waals surface area (Å²) in [6.45, 7) is 5.56. The Bertz CT molecular complexity index is 333. The van der Waals surface area contributed by atoms with E-state index in [0.717, 1.165) is 13.0 Å². The van der Waals surface area contributed by atoms with Crippen molar-refractivity contribution in [2.45, 2.75) is 77.7 Å². The minimum absolute atomic E-state index is 0.668. The van der Waals surface area contributed by atoms with Gasteiger partial charge in [-0.2, -0.15) is 5.10 Å². The summed E-state index contributed by atoms with van der Waals surface area (Å²) in [7, 11) is 2.03. The molecule has 116 valence electrons. The smallest absolute Gasteiger partial charge is 0.0492 e. The highest BCUT2D eigenvalue weighted by Crippen LogP contribution is 2.12. The van der Waals surface area contributed by atoms with Crippen LogP contribution in [0.1, 0.15) is 70.9 Å². The number of hydrogen-bond acceptors (Lipinski definition) is 2. The van der Waals surface area contributed by atoms with E-state index in [9.17, 15) is 0 Å². The largest absolute Gasteiger partial charge is 0.314 e. The molecule has 0 aromatic carbocycles. The summed E-state index contributed by atoms with van der Waals surface area (Å²) in [4.78, 5) is 0. The molecule has 1 N–H and O–H groups in total. The van der Waals surface area contributed by atoms with Gasteiger partial charge in [-0.15, -0.1) is 0 Å². The zero-order valence-electron chi connectivity index (χ0n) is 13.7. The van der Waals surface area contributed by atoms with Gasteiger partial charge in [0.2, 0.25) is 0 Å². The van der Waals surface area contributed by atoms with Crippen LogP contribution in [-0.4, -0.2) is 22.4 Å². The average Bonchev–Trinajstić information content (AvgIpc) is 2.85. The molecule has 1 aromatic rings. The van der Waals surface area contributed by atoms with Gasteiger partial charge in [-0.3, -0.25) is 4.68 Å². The van der Waals surface area contributed by atoms with Crippen LogP contribution >= 0.6 is 0 Å². The summed E-state index contributed by atoms with van der Waals surface area (Å²) < 4.78 is 1.99. The second-order valence-electron chi connectivity index (χ2n) is 5.80. The Morgan fingerprint density at radius 1 is 1.10 bits per heavy atom. The van der Waals surface area contributed by atoms with Crippen LogP contribution in [-0.2, 0) is 13.5 Å². The molecule has 0 aliphatic carbocycles. The first-order valence-corrected chi connectivity index (χ1v) is 8.48. The lowest BCUT2D eigenvalue weighted by atomic mass is 10.0. The number of rotatable bonds is 12. The number of nitrogens with one attached hydrogen (secondary N) is 1. The molecule has 0 bridgehead atoms. The quantitative estimate of drug-likeness (QED) is 0.584. The molecule has 0 saturated carbocycles. The van der Waals surface area contributed by atoms with Gasteiger partial charge >= 0.3 is 0 Å². The van der Waals surface area contributed by atoms with Gasteiger partial charge in [0.15, 0.2) is 0 Å². The van der Waals surface area contributed by atoms with Gasteiger partial charge in [0.25, 0.3) is 0 Å². The molecule has 0 amide bonds. The molecule has 0 saturated heterocycles. The molecule has 1 atom stereocenters. The lowest BCUT2D eigenvalue weighted by Gasteiger charge is -2.17. The maximum absolute atomic E-state index is 4.24. The predicted octanol–water partition coefficient (Wildman–Crippen LogP) is 4.08. The van der Waals surface area contributed by atoms with Gasteiger partial charge in [0, 0.05) is 25.0 Å². The fourth-order valence-electron chi connectivity index (χ4n) is 2.78. The highest BCUT2D eigenvalue weighted by Gasteiger charge is 2.08. The molecule has 0 radical (unpaired) electrons. The first kappa shape index (κ1) is 17.2. The van der Waals surface area contributed by atoms with Crippen LogP contribution in [0.3, 0.4) is 0 Å². The molecule has 0 fully saturated rings. The van der Waals surface area contributed by atoms with E-state index in [1.54, 1.807) is 0 Å². The van der Waals surface area contributed by atoms with E-state index in [4.69, 9.17) is 0 Å². The summed E-state index contributed by atoms with van der Waals surface area (Å²) in [6.07, 6.45) is 13.9. The van der Waals surface area contributed by atoms with Crippen LogP contribution < -0.4 is 5.32 Å². The van der Waals surface area contributed by atoms with E-state index in [1.807, 2.05) is 17.9 Å². The van der Waals surface area contributed by atoms with E-state index < -0.39 is 0 Å². The monoisotopic (exact) mass is 279 g/mol. The van der Waals surface area contributed by atoms with E-state index in [0.29, 0.717) is 6.04 Å². The standard InChI is InChI=1S/C17H33N3/c1-4-6-7-8-9-10-11-16(18-5-2)12-13-17-14-15-19-20(17)3/h14-16,18H,4-13H2,1-3H3. The Morgan fingerprint density at radius 3 is 2.50 bits per heavy atom. The van der Waals surface area contributed by atoms with Crippen LogP contribution in [0.15, 0.2) is 12.3 Å². The third kappa shape index (κ3) is 7.09. The van der Waals surface area contributed by atoms with Crippen molar-refractivity contribution in [3.63, 3.8) is 0 Å². The Hall–Kier alpha value is -0.830. The molecular weight excluding hydrogens is 246 g/mol. The fraction of sp³-hybridized carbons (Fsp3) is 0.824. The van der Waals surface area contributed by atoms with Gasteiger partial charge in [-0.05, 0) is 31.9 Å². The minimum atomic E-state index is 0.668. The van der Waals surface area contributed by atoms with Gasteiger partial charge < -0.3 is 5.32 Å². The van der Waals surface area contributed by atoms with Crippen LogP contribution in [0.2, 0.25) is 0 Å². The van der Waals surface area contributed by atoms with Gasteiger partial charge in [0.1, 0.15) is 0 Å². The molecule has 0 aliphatic heterocycles. The van der Waals surface area contributed by atoms with Crippen molar-refractivity contribution in [1.82, 2.24) is 15.1 Å². The Morgan fingerprint density at radius 2 is 1.85 bits per heavy atom. The lowest BCUT2D eigenvalue weighted by molar-refractivity contribution is 0.435. The Balaban J connectivity index is 2.17. The summed E-state index contributed by atoms with van der Waals surface area (Å²) >= 11 is 0. The first-order chi connectivity index (χ1) is 9.77. The number of hydrogen-bond donors (Lipinski definition) is 1. The summed E-state index contributed by atoms with van der Waals surface area (Å²) in [5.41, 5.74) is 1.34. The van der Waals surface area contributed by atoms with Crippen molar-refractivity contribution in [2.75, 3.05) is 6.54 Å². The van der Waals surface area contributed by atoms with Crippen molar-refractivity contribution in [3.8, 4) is 0 Å². The fourth-order valence-corrected chi connectivity index (χ4v) is 2.78.